The zero-order valence-corrected chi connectivity index (χ0v) is 15.6. The van der Waals surface area contributed by atoms with Crippen molar-refractivity contribution in [3.8, 4) is 0 Å². The summed E-state index contributed by atoms with van der Waals surface area (Å²) in [5.41, 5.74) is 2.02. The highest BCUT2D eigenvalue weighted by Gasteiger charge is 2.29. The Hall–Kier alpha value is -1.96. The van der Waals surface area contributed by atoms with Gasteiger partial charge < -0.3 is 4.90 Å². The highest BCUT2D eigenvalue weighted by molar-refractivity contribution is 7.89. The number of hydrogen-bond acceptors (Lipinski definition) is 4. The molecule has 7 heteroatoms. The minimum Gasteiger partial charge on any atom is -0.337 e. The predicted molar refractivity (Wildman–Crippen MR) is 99.9 cm³/mol. The third kappa shape index (κ3) is 4.18. The summed E-state index contributed by atoms with van der Waals surface area (Å²) in [6.45, 7) is 3.35. The van der Waals surface area contributed by atoms with E-state index in [2.05, 4.69) is 0 Å². The monoisotopic (exact) mass is 376 g/mol. The number of carbonyl (C=O) groups excluding carboxylic acids is 1. The summed E-state index contributed by atoms with van der Waals surface area (Å²) in [5, 5.41) is 3.93. The second kappa shape index (κ2) is 7.51. The van der Waals surface area contributed by atoms with Gasteiger partial charge in [-0.3, -0.25) is 4.79 Å². The Balaban J connectivity index is 1.61. The van der Waals surface area contributed by atoms with Gasteiger partial charge in [-0.05, 0) is 47.5 Å². The average molecular weight is 377 g/mol. The van der Waals surface area contributed by atoms with Gasteiger partial charge in [0, 0.05) is 32.3 Å². The van der Waals surface area contributed by atoms with E-state index >= 15 is 0 Å². The zero-order valence-electron chi connectivity index (χ0n) is 14.0. The second-order valence-electron chi connectivity index (χ2n) is 5.93. The van der Waals surface area contributed by atoms with Crippen LogP contribution in [0.25, 0.3) is 6.08 Å². The minimum atomic E-state index is -3.50. The summed E-state index contributed by atoms with van der Waals surface area (Å²) < 4.78 is 26.8. The second-order valence-corrected chi connectivity index (χ2v) is 8.65. The summed E-state index contributed by atoms with van der Waals surface area (Å²) in [5.74, 6) is -0.0846. The van der Waals surface area contributed by atoms with Crippen molar-refractivity contribution < 1.29 is 13.2 Å². The first-order valence-corrected chi connectivity index (χ1v) is 10.4. The molecule has 25 heavy (non-hydrogen) atoms. The van der Waals surface area contributed by atoms with Crippen LogP contribution in [0.4, 0.5) is 0 Å². The molecule has 5 nitrogen and oxygen atoms in total. The molecule has 1 amide bonds. The Morgan fingerprint density at radius 2 is 1.76 bits per heavy atom. The van der Waals surface area contributed by atoms with Crippen molar-refractivity contribution in [1.82, 2.24) is 9.21 Å². The summed E-state index contributed by atoms with van der Waals surface area (Å²) in [6, 6.07) is 8.79. The standard InChI is InChI=1S/C18H20N2O3S2/c1-15-2-5-17(6-3-15)25(22,23)20-11-9-19(10-12-20)18(21)7-4-16-8-13-24-14-16/h2-8,13-14H,9-12H2,1H3. The van der Waals surface area contributed by atoms with E-state index in [1.807, 2.05) is 23.8 Å². The third-order valence-electron chi connectivity index (χ3n) is 4.17. The molecule has 0 N–H and O–H groups in total. The number of hydrogen-bond donors (Lipinski definition) is 0. The quantitative estimate of drug-likeness (QED) is 0.771. The topological polar surface area (TPSA) is 57.7 Å². The van der Waals surface area contributed by atoms with Crippen LogP contribution in [-0.4, -0.2) is 49.7 Å². The van der Waals surface area contributed by atoms with Crippen molar-refractivity contribution in [1.29, 1.82) is 0 Å². The van der Waals surface area contributed by atoms with Crippen molar-refractivity contribution in [2.45, 2.75) is 11.8 Å². The minimum absolute atomic E-state index is 0.0846. The molecule has 1 saturated heterocycles. The van der Waals surface area contributed by atoms with Crippen LogP contribution in [0.3, 0.4) is 0 Å². The molecule has 1 fully saturated rings. The molecule has 2 aromatic rings. The van der Waals surface area contributed by atoms with E-state index < -0.39 is 10.0 Å². The number of carbonyl (C=O) groups is 1. The van der Waals surface area contributed by atoms with E-state index in [1.54, 1.807) is 52.7 Å². The van der Waals surface area contributed by atoms with Gasteiger partial charge in [-0.2, -0.15) is 15.6 Å². The van der Waals surface area contributed by atoms with Crippen LogP contribution in [0.2, 0.25) is 0 Å². The van der Waals surface area contributed by atoms with Gasteiger partial charge in [0.25, 0.3) is 0 Å². The molecule has 0 atom stereocenters. The van der Waals surface area contributed by atoms with E-state index in [0.29, 0.717) is 31.1 Å². The average Bonchev–Trinajstić information content (AvgIpc) is 3.14. The van der Waals surface area contributed by atoms with Gasteiger partial charge in [0.15, 0.2) is 0 Å². The molecule has 1 aliphatic rings. The maximum atomic E-state index is 12.7. The Bertz CT molecular complexity index is 848. The van der Waals surface area contributed by atoms with E-state index in [1.165, 1.54) is 4.31 Å². The van der Waals surface area contributed by atoms with Crippen LogP contribution in [0.1, 0.15) is 11.1 Å². The molecule has 1 aliphatic heterocycles. The Kier molecular flexibility index (Phi) is 5.36. The lowest BCUT2D eigenvalue weighted by Crippen LogP contribution is -2.50. The Morgan fingerprint density at radius 3 is 2.36 bits per heavy atom. The van der Waals surface area contributed by atoms with Gasteiger partial charge in [0.2, 0.25) is 15.9 Å². The molecule has 132 valence electrons. The molecule has 1 aromatic carbocycles. The maximum absolute atomic E-state index is 12.7. The first-order valence-electron chi connectivity index (χ1n) is 8.03. The van der Waals surface area contributed by atoms with Crippen LogP contribution in [-0.2, 0) is 14.8 Å². The van der Waals surface area contributed by atoms with Crippen LogP contribution in [0, 0.1) is 6.92 Å². The van der Waals surface area contributed by atoms with E-state index in [9.17, 15) is 13.2 Å². The molecule has 3 rings (SSSR count). The predicted octanol–water partition coefficient (Wildman–Crippen LogP) is 2.60. The number of nitrogens with zero attached hydrogens (tertiary/aromatic N) is 2. The number of amides is 1. The first-order chi connectivity index (χ1) is 12.0. The van der Waals surface area contributed by atoms with Crippen molar-refractivity contribution in [3.05, 3.63) is 58.3 Å². The molecule has 0 radical (unpaired) electrons. The van der Waals surface area contributed by atoms with E-state index in [4.69, 9.17) is 0 Å². The number of rotatable bonds is 4. The van der Waals surface area contributed by atoms with Crippen LogP contribution in [0.5, 0.6) is 0 Å². The molecular weight excluding hydrogens is 356 g/mol. The summed E-state index contributed by atoms with van der Waals surface area (Å²) in [4.78, 5) is 14.2. The van der Waals surface area contributed by atoms with E-state index in [0.717, 1.165) is 11.1 Å². The SMILES string of the molecule is Cc1ccc(S(=O)(=O)N2CCN(C(=O)C=Cc3ccsc3)CC2)cc1. The smallest absolute Gasteiger partial charge is 0.246 e. The van der Waals surface area contributed by atoms with Gasteiger partial charge in [-0.25, -0.2) is 8.42 Å². The van der Waals surface area contributed by atoms with Gasteiger partial charge in [-0.15, -0.1) is 0 Å². The fourth-order valence-corrected chi connectivity index (χ4v) is 4.70. The molecule has 0 spiro atoms. The molecule has 0 bridgehead atoms. The highest BCUT2D eigenvalue weighted by atomic mass is 32.2. The van der Waals surface area contributed by atoms with Gasteiger partial charge >= 0.3 is 0 Å². The fourth-order valence-electron chi connectivity index (χ4n) is 2.65. The Morgan fingerprint density at radius 1 is 1.08 bits per heavy atom. The number of aryl methyl sites for hydroxylation is 1. The first kappa shape index (κ1) is 17.8. The maximum Gasteiger partial charge on any atom is 0.246 e. The van der Waals surface area contributed by atoms with Gasteiger partial charge in [-0.1, -0.05) is 17.7 Å². The van der Waals surface area contributed by atoms with Crippen molar-refractivity contribution >= 4 is 33.3 Å². The van der Waals surface area contributed by atoms with Crippen molar-refractivity contribution in [3.63, 3.8) is 0 Å². The molecular formula is C18H20N2O3S2. The van der Waals surface area contributed by atoms with Gasteiger partial charge in [0.1, 0.15) is 0 Å². The molecule has 2 heterocycles. The van der Waals surface area contributed by atoms with Crippen molar-refractivity contribution in [2.75, 3.05) is 26.2 Å². The number of thiophene rings is 1. The number of sulfonamides is 1. The number of benzene rings is 1. The fraction of sp³-hybridized carbons (Fsp3) is 0.278. The molecule has 0 saturated carbocycles. The molecule has 1 aromatic heterocycles. The van der Waals surface area contributed by atoms with Gasteiger partial charge in [0.05, 0.1) is 4.90 Å². The largest absolute Gasteiger partial charge is 0.337 e. The van der Waals surface area contributed by atoms with E-state index in [-0.39, 0.29) is 5.91 Å². The van der Waals surface area contributed by atoms with Crippen molar-refractivity contribution in [2.24, 2.45) is 0 Å². The normalized spacial score (nSPS) is 16.4. The summed E-state index contributed by atoms with van der Waals surface area (Å²) >= 11 is 1.58. The number of piperazine rings is 1. The summed E-state index contributed by atoms with van der Waals surface area (Å²) in [7, 11) is -3.50. The lowest BCUT2D eigenvalue weighted by Gasteiger charge is -2.33. The lowest BCUT2D eigenvalue weighted by molar-refractivity contribution is -0.127. The van der Waals surface area contributed by atoms with Crippen LogP contribution < -0.4 is 0 Å². The lowest BCUT2D eigenvalue weighted by atomic mass is 10.2. The highest BCUT2D eigenvalue weighted by Crippen LogP contribution is 2.18. The summed E-state index contributed by atoms with van der Waals surface area (Å²) in [6.07, 6.45) is 3.33. The van der Waals surface area contributed by atoms with Crippen LogP contribution in [0.15, 0.2) is 52.1 Å². The van der Waals surface area contributed by atoms with Crippen LogP contribution >= 0.6 is 11.3 Å². The zero-order chi connectivity index (χ0) is 17.9. The molecule has 0 unspecified atom stereocenters. The molecule has 0 aliphatic carbocycles. The third-order valence-corrected chi connectivity index (χ3v) is 6.78. The Labute approximate surface area is 152 Å².